The van der Waals surface area contributed by atoms with Gasteiger partial charge in [-0.3, -0.25) is 4.79 Å². The molecule has 1 atom stereocenters. The van der Waals surface area contributed by atoms with E-state index in [1.54, 1.807) is 0 Å². The molecular formula is C16H24N2O2. The summed E-state index contributed by atoms with van der Waals surface area (Å²) in [6.07, 6.45) is 0.855. The largest absolute Gasteiger partial charge is 0.507 e. The van der Waals surface area contributed by atoms with Crippen molar-refractivity contribution in [2.45, 2.75) is 34.1 Å². The lowest BCUT2D eigenvalue weighted by Gasteiger charge is -2.31. The molecule has 0 bridgehead atoms. The fourth-order valence-electron chi connectivity index (χ4n) is 2.88. The molecule has 0 radical (unpaired) electrons. The van der Waals surface area contributed by atoms with Gasteiger partial charge in [0.2, 0.25) is 5.91 Å². The van der Waals surface area contributed by atoms with Gasteiger partial charge in [-0.2, -0.15) is 0 Å². The quantitative estimate of drug-likeness (QED) is 0.795. The Balaban J connectivity index is 2.26. The number of phenolic OH excluding ortho intramolecular Hbond substituents is 1. The van der Waals surface area contributed by atoms with Crippen molar-refractivity contribution in [2.75, 3.05) is 18.4 Å². The second-order valence-corrected chi connectivity index (χ2v) is 6.10. The van der Waals surface area contributed by atoms with Crippen molar-refractivity contribution < 1.29 is 9.90 Å². The van der Waals surface area contributed by atoms with Gasteiger partial charge in [-0.15, -0.1) is 0 Å². The molecular weight excluding hydrogens is 252 g/mol. The Morgan fingerprint density at radius 2 is 2.10 bits per heavy atom. The molecule has 1 aliphatic heterocycles. The van der Waals surface area contributed by atoms with Gasteiger partial charge in [0.05, 0.1) is 5.41 Å². The number of phenols is 1. The van der Waals surface area contributed by atoms with Crippen molar-refractivity contribution in [3.8, 4) is 5.75 Å². The van der Waals surface area contributed by atoms with E-state index in [1.165, 1.54) is 0 Å². The number of nitrogens with one attached hydrogen (secondary N) is 2. The van der Waals surface area contributed by atoms with E-state index in [9.17, 15) is 9.90 Å². The number of amides is 1. The minimum absolute atomic E-state index is 0.0452. The van der Waals surface area contributed by atoms with Gasteiger partial charge < -0.3 is 15.7 Å². The SMILES string of the molecule is Cc1ccc(NC(=O)C2(C(C)C)CCNC2)c(C)c1O. The molecule has 1 heterocycles. The third-order valence-corrected chi connectivity index (χ3v) is 4.63. The molecule has 1 unspecified atom stereocenters. The molecule has 20 heavy (non-hydrogen) atoms. The van der Waals surface area contributed by atoms with Crippen LogP contribution >= 0.6 is 0 Å². The third kappa shape index (κ3) is 2.40. The van der Waals surface area contributed by atoms with E-state index in [4.69, 9.17) is 0 Å². The zero-order valence-corrected chi connectivity index (χ0v) is 12.7. The average Bonchev–Trinajstić information content (AvgIpc) is 2.90. The van der Waals surface area contributed by atoms with Crippen LogP contribution in [0.5, 0.6) is 5.75 Å². The Bertz CT molecular complexity index is 517. The van der Waals surface area contributed by atoms with Crippen molar-refractivity contribution in [1.29, 1.82) is 0 Å². The number of aromatic hydroxyl groups is 1. The first kappa shape index (κ1) is 14.9. The summed E-state index contributed by atoms with van der Waals surface area (Å²) in [5, 5.41) is 16.3. The second kappa shape index (κ2) is 5.44. The molecule has 4 heteroatoms. The number of rotatable bonds is 3. The van der Waals surface area contributed by atoms with E-state index < -0.39 is 0 Å². The van der Waals surface area contributed by atoms with Crippen molar-refractivity contribution in [3.63, 3.8) is 0 Å². The monoisotopic (exact) mass is 276 g/mol. The van der Waals surface area contributed by atoms with Crippen LogP contribution in [-0.4, -0.2) is 24.1 Å². The molecule has 0 aromatic heterocycles. The highest BCUT2D eigenvalue weighted by molar-refractivity contribution is 5.97. The van der Waals surface area contributed by atoms with E-state index in [-0.39, 0.29) is 23.0 Å². The average molecular weight is 276 g/mol. The summed E-state index contributed by atoms with van der Waals surface area (Å²) in [7, 11) is 0. The van der Waals surface area contributed by atoms with E-state index in [2.05, 4.69) is 24.5 Å². The van der Waals surface area contributed by atoms with Gasteiger partial charge in [-0.25, -0.2) is 0 Å². The molecule has 0 saturated carbocycles. The van der Waals surface area contributed by atoms with Crippen LogP contribution in [0.25, 0.3) is 0 Å². The van der Waals surface area contributed by atoms with Crippen LogP contribution in [0.15, 0.2) is 12.1 Å². The molecule has 1 aliphatic rings. The molecule has 2 rings (SSSR count). The first-order valence-electron chi connectivity index (χ1n) is 7.20. The fourth-order valence-corrected chi connectivity index (χ4v) is 2.88. The Kier molecular flexibility index (Phi) is 4.04. The van der Waals surface area contributed by atoms with Gasteiger partial charge in [0, 0.05) is 17.8 Å². The van der Waals surface area contributed by atoms with Crippen molar-refractivity contribution in [2.24, 2.45) is 11.3 Å². The molecule has 1 aromatic carbocycles. The smallest absolute Gasteiger partial charge is 0.232 e. The van der Waals surface area contributed by atoms with Crippen LogP contribution in [0, 0.1) is 25.2 Å². The van der Waals surface area contributed by atoms with Crippen LogP contribution in [0.2, 0.25) is 0 Å². The van der Waals surface area contributed by atoms with Crippen LogP contribution < -0.4 is 10.6 Å². The van der Waals surface area contributed by atoms with E-state index >= 15 is 0 Å². The molecule has 1 saturated heterocycles. The number of carbonyl (C=O) groups excluding carboxylic acids is 1. The molecule has 1 amide bonds. The Morgan fingerprint density at radius 1 is 1.40 bits per heavy atom. The lowest BCUT2D eigenvalue weighted by atomic mass is 9.75. The minimum Gasteiger partial charge on any atom is -0.507 e. The summed E-state index contributed by atoms with van der Waals surface area (Å²) in [5.74, 6) is 0.576. The fraction of sp³-hybridized carbons (Fsp3) is 0.562. The number of carbonyl (C=O) groups is 1. The molecule has 0 aliphatic carbocycles. The predicted molar refractivity (Wildman–Crippen MR) is 81.0 cm³/mol. The molecule has 110 valence electrons. The van der Waals surface area contributed by atoms with Crippen LogP contribution in [0.4, 0.5) is 5.69 Å². The normalized spacial score (nSPS) is 22.2. The first-order valence-corrected chi connectivity index (χ1v) is 7.20. The van der Waals surface area contributed by atoms with Gasteiger partial charge in [-0.1, -0.05) is 19.9 Å². The number of benzene rings is 1. The molecule has 3 N–H and O–H groups in total. The van der Waals surface area contributed by atoms with E-state index in [0.29, 0.717) is 12.2 Å². The first-order chi connectivity index (χ1) is 9.38. The maximum Gasteiger partial charge on any atom is 0.232 e. The summed E-state index contributed by atoms with van der Waals surface area (Å²) in [6, 6.07) is 3.69. The highest BCUT2D eigenvalue weighted by atomic mass is 16.3. The minimum atomic E-state index is -0.354. The van der Waals surface area contributed by atoms with Crippen molar-refractivity contribution in [1.82, 2.24) is 5.32 Å². The maximum atomic E-state index is 12.7. The van der Waals surface area contributed by atoms with Crippen LogP contribution in [0.3, 0.4) is 0 Å². The summed E-state index contributed by atoms with van der Waals surface area (Å²) >= 11 is 0. The number of anilines is 1. The Hall–Kier alpha value is -1.55. The highest BCUT2D eigenvalue weighted by Gasteiger charge is 2.43. The molecule has 1 fully saturated rings. The van der Waals surface area contributed by atoms with Crippen molar-refractivity contribution in [3.05, 3.63) is 23.3 Å². The van der Waals surface area contributed by atoms with Crippen LogP contribution in [0.1, 0.15) is 31.4 Å². The summed E-state index contributed by atoms with van der Waals surface area (Å²) in [5.41, 5.74) is 1.89. The topological polar surface area (TPSA) is 61.4 Å². The summed E-state index contributed by atoms with van der Waals surface area (Å²) in [4.78, 5) is 12.7. The maximum absolute atomic E-state index is 12.7. The third-order valence-electron chi connectivity index (χ3n) is 4.63. The molecule has 0 spiro atoms. The van der Waals surface area contributed by atoms with Gasteiger partial charge in [0.1, 0.15) is 5.75 Å². The highest BCUT2D eigenvalue weighted by Crippen LogP contribution is 2.36. The number of hydrogen-bond donors (Lipinski definition) is 3. The standard InChI is InChI=1S/C16H24N2O2/c1-10(2)16(7-8-17-9-16)15(20)18-13-6-5-11(3)14(19)12(13)4/h5-6,10,17,19H,7-9H2,1-4H3,(H,18,20). The Labute approximate surface area is 120 Å². The zero-order valence-electron chi connectivity index (χ0n) is 12.7. The lowest BCUT2D eigenvalue weighted by molar-refractivity contribution is -0.126. The van der Waals surface area contributed by atoms with Gasteiger partial charge in [-0.05, 0) is 44.4 Å². The second-order valence-electron chi connectivity index (χ2n) is 6.10. The zero-order chi connectivity index (χ0) is 14.9. The van der Waals surface area contributed by atoms with E-state index in [0.717, 1.165) is 24.1 Å². The number of hydrogen-bond acceptors (Lipinski definition) is 3. The van der Waals surface area contributed by atoms with Gasteiger partial charge in [0.25, 0.3) is 0 Å². The number of aryl methyl sites for hydroxylation is 1. The van der Waals surface area contributed by atoms with Gasteiger partial charge in [0.15, 0.2) is 0 Å². The summed E-state index contributed by atoms with van der Waals surface area (Å²) < 4.78 is 0. The molecule has 4 nitrogen and oxygen atoms in total. The summed E-state index contributed by atoms with van der Waals surface area (Å²) in [6.45, 7) is 9.45. The van der Waals surface area contributed by atoms with Crippen molar-refractivity contribution >= 4 is 11.6 Å². The van der Waals surface area contributed by atoms with Crippen LogP contribution in [-0.2, 0) is 4.79 Å². The van der Waals surface area contributed by atoms with E-state index in [1.807, 2.05) is 26.0 Å². The predicted octanol–water partition coefficient (Wildman–Crippen LogP) is 2.58. The molecule has 1 aromatic rings. The van der Waals surface area contributed by atoms with Gasteiger partial charge >= 0.3 is 0 Å². The Morgan fingerprint density at radius 3 is 2.65 bits per heavy atom. The lowest BCUT2D eigenvalue weighted by Crippen LogP contribution is -2.42.